The van der Waals surface area contributed by atoms with E-state index in [0.717, 1.165) is 9.80 Å². The quantitative estimate of drug-likeness (QED) is 0.0582. The summed E-state index contributed by atoms with van der Waals surface area (Å²) < 4.78 is 15.1. The second kappa shape index (κ2) is 34.2. The Labute approximate surface area is 566 Å². The van der Waals surface area contributed by atoms with E-state index < -0.39 is 223 Å². The van der Waals surface area contributed by atoms with Crippen LogP contribution in [-0.2, 0) is 90.9 Å². The summed E-state index contributed by atoms with van der Waals surface area (Å²) in [4.78, 5) is 200. The van der Waals surface area contributed by atoms with Gasteiger partial charge in [0.15, 0.2) is 17.3 Å². The Balaban J connectivity index is 1.15. The molecule has 3 aromatic rings. The van der Waals surface area contributed by atoms with Gasteiger partial charge in [-0.05, 0) is 59.4 Å². The highest BCUT2D eigenvalue weighted by Crippen LogP contribution is 2.33. The standard InChI is InChI=1S/C65H87N11O19S2/c1-8-32(4)58-62(92)68-26-54(86)70-45-30-97(95)63-42(40-14-13-38(78)20-43(40)72-63)22-44(61(91)67-27-55(87)74-58)71-60(90)41(34(6)50(83)29-77)23-48(81)46-21-39(79)28-76(46)64(93)36(18-47(45)80)19-53(85)66-25-35-9-11-37(12-10-35)69-59(89)33(5)17-49(82)57(31(2)3)73-52(84)15-16-75-56(88)24-51(96-7)65(75)94/h9-14,20,31-34,36,39,41,44-46,50-51,57-58,72,77-79,83H,8,15-19,21-30H2,1-7H3,(H,66,85)(H,67,91)(H,68,92)(H,69,89)(H,70,86)(H,71,90)(H,73,84)(H,74,87)/t32-,33+,34+,36-,39+,41-,44-,45-,46-,50-,51?,57?,58-,97?/m0/s1. The monoisotopic (exact) mass is 1390 g/mol. The summed E-state index contributed by atoms with van der Waals surface area (Å²) in [5.74, 6) is -18.0. The summed E-state index contributed by atoms with van der Waals surface area (Å²) in [7, 11) is -2.43. The molecule has 1 aromatic heterocycles. The molecule has 32 heteroatoms. The molecular formula is C65H87N11O19S2. The van der Waals surface area contributed by atoms with Crippen molar-refractivity contribution in [2.75, 3.05) is 50.1 Å². The number of nitrogens with one attached hydrogen (secondary N) is 9. The predicted octanol–water partition coefficient (Wildman–Crippen LogP) is -1.35. The molecule has 14 atom stereocenters. The topological polar surface area (TPSA) is 455 Å². The minimum atomic E-state index is -2.43. The van der Waals surface area contributed by atoms with Crippen molar-refractivity contribution in [1.29, 1.82) is 0 Å². The number of nitrogens with zero attached hydrogens (tertiary/aromatic N) is 2. The number of aliphatic hydroxyl groups is 3. The normalized spacial score (nSPS) is 25.2. The Kier molecular flexibility index (Phi) is 26.7. The van der Waals surface area contributed by atoms with Gasteiger partial charge >= 0.3 is 0 Å². The van der Waals surface area contributed by atoms with Gasteiger partial charge in [-0.25, -0.2) is 0 Å². The van der Waals surface area contributed by atoms with Crippen LogP contribution in [0.25, 0.3) is 10.9 Å². The summed E-state index contributed by atoms with van der Waals surface area (Å²) in [6.45, 7) is 6.41. The number of anilines is 1. The van der Waals surface area contributed by atoms with Crippen LogP contribution in [-0.4, -0.2) is 214 Å². The maximum atomic E-state index is 15.1. The van der Waals surface area contributed by atoms with Crippen LogP contribution in [0.2, 0.25) is 0 Å². The number of carbonyl (C=O) groups excluding carboxylic acids is 14. The first-order valence-corrected chi connectivity index (χ1v) is 34.9. The number of benzene rings is 2. The molecule has 3 unspecified atom stereocenters. The number of aromatic hydroxyl groups is 1. The third kappa shape index (κ3) is 19.7. The van der Waals surface area contributed by atoms with Gasteiger partial charge in [0, 0.05) is 100.0 Å². The third-order valence-corrected chi connectivity index (χ3v) is 20.6. The molecule has 2 bridgehead atoms. The summed E-state index contributed by atoms with van der Waals surface area (Å²) in [6.07, 6.45) is -4.74. The van der Waals surface area contributed by atoms with Crippen LogP contribution in [0.1, 0.15) is 104 Å². The van der Waals surface area contributed by atoms with Gasteiger partial charge in [0.2, 0.25) is 65.0 Å². The summed E-state index contributed by atoms with van der Waals surface area (Å²) in [6, 6.07) is 2.86. The van der Waals surface area contributed by atoms with Crippen molar-refractivity contribution in [1.82, 2.24) is 52.0 Å². The first-order valence-electron chi connectivity index (χ1n) is 32.3. The van der Waals surface area contributed by atoms with Crippen molar-refractivity contribution >= 4 is 121 Å². The molecule has 528 valence electrons. The van der Waals surface area contributed by atoms with Crippen molar-refractivity contribution in [3.05, 3.63) is 53.6 Å². The van der Waals surface area contributed by atoms with Gasteiger partial charge in [-0.15, -0.1) is 0 Å². The fourth-order valence-electron chi connectivity index (χ4n) is 12.2. The Bertz CT molecular complexity index is 3550. The van der Waals surface area contributed by atoms with Crippen molar-refractivity contribution in [3.8, 4) is 5.75 Å². The Morgan fingerprint density at radius 2 is 1.47 bits per heavy atom. The largest absolute Gasteiger partial charge is 0.508 e. The number of fused-ring (bicyclic) bond motifs is 5. The number of ketones is 3. The zero-order chi connectivity index (χ0) is 71.3. The molecule has 13 N–H and O–H groups in total. The second-order valence-electron chi connectivity index (χ2n) is 25.7. The van der Waals surface area contributed by atoms with E-state index in [1.165, 1.54) is 55.9 Å². The van der Waals surface area contributed by atoms with Crippen LogP contribution in [0.3, 0.4) is 0 Å². The van der Waals surface area contributed by atoms with Crippen LogP contribution < -0.4 is 42.5 Å². The number of likely N-dealkylation sites (tertiary alicyclic amines) is 1. The van der Waals surface area contributed by atoms with E-state index in [9.17, 15) is 78.0 Å². The Morgan fingerprint density at radius 1 is 0.794 bits per heavy atom. The highest BCUT2D eigenvalue weighted by molar-refractivity contribution is 8.00. The van der Waals surface area contributed by atoms with Crippen molar-refractivity contribution < 1.29 is 91.8 Å². The number of aromatic amines is 1. The molecule has 0 spiro atoms. The summed E-state index contributed by atoms with van der Waals surface area (Å²) in [5, 5.41) is 63.2. The number of aromatic nitrogens is 1. The highest BCUT2D eigenvalue weighted by Gasteiger charge is 2.46. The van der Waals surface area contributed by atoms with E-state index in [0.29, 0.717) is 17.7 Å². The van der Waals surface area contributed by atoms with Crippen LogP contribution in [0.15, 0.2) is 47.5 Å². The van der Waals surface area contributed by atoms with Crippen molar-refractivity contribution in [2.45, 2.75) is 159 Å². The first kappa shape index (κ1) is 75.9. The van der Waals surface area contributed by atoms with Crippen LogP contribution >= 0.6 is 11.8 Å². The molecule has 4 aliphatic heterocycles. The molecular weight excluding hydrogens is 1300 g/mol. The summed E-state index contributed by atoms with van der Waals surface area (Å²) >= 11 is 1.25. The number of imide groups is 1. The van der Waals surface area contributed by atoms with Gasteiger partial charge < -0.3 is 72.8 Å². The number of aliphatic hydroxyl groups excluding tert-OH is 3. The molecule has 0 radical (unpaired) electrons. The van der Waals surface area contributed by atoms with Gasteiger partial charge in [0.1, 0.15) is 22.9 Å². The van der Waals surface area contributed by atoms with Gasteiger partial charge in [-0.2, -0.15) is 11.8 Å². The minimum Gasteiger partial charge on any atom is -0.508 e. The SMILES string of the molecule is CC[C@H](C)[C@@H]1NC(=O)CNC(=O)[C@@H]2Cc3c([nH]c4cc(O)ccc34)S(=O)C[C@H](NC(=O)CNC1=O)C(=O)C[C@@H](CC(=O)NCc1ccc(NC(=O)[C@H](C)CC(=O)C(NC(=O)CCN3C(=O)CC(SC)C3=O)C(C)C)cc1)C(=O)N1C[C@H](O)C[C@H]1C(=O)C[C@@H]([C@@H](C)[C@@H](O)CO)C(=O)N2. The maximum absolute atomic E-state index is 15.1. The number of rotatable bonds is 20. The lowest BCUT2D eigenvalue weighted by Crippen LogP contribution is -2.56. The van der Waals surface area contributed by atoms with Crippen LogP contribution in [0.5, 0.6) is 5.75 Å². The predicted molar refractivity (Wildman–Crippen MR) is 351 cm³/mol. The first-order chi connectivity index (χ1) is 45.9. The fourth-order valence-corrected chi connectivity index (χ4v) is 14.2. The number of hydrogen-bond donors (Lipinski definition) is 13. The molecule has 4 aliphatic rings. The van der Waals surface area contributed by atoms with E-state index in [1.807, 2.05) is 0 Å². The van der Waals surface area contributed by atoms with Gasteiger partial charge in [0.05, 0.1) is 83.3 Å². The van der Waals surface area contributed by atoms with Crippen LogP contribution in [0.4, 0.5) is 5.69 Å². The number of Topliss-reactive ketones (excluding diaryl/α,β-unsaturated/α-hetero) is 3. The molecule has 11 amide bonds. The summed E-state index contributed by atoms with van der Waals surface area (Å²) in [5.41, 5.74) is 1.01. The number of phenols is 1. The van der Waals surface area contributed by atoms with Crippen molar-refractivity contribution in [3.63, 3.8) is 0 Å². The fraction of sp³-hybridized carbons (Fsp3) is 0.569. The lowest BCUT2D eigenvalue weighted by molar-refractivity contribution is -0.145. The number of hydrogen-bond acceptors (Lipinski definition) is 20. The molecule has 2 saturated heterocycles. The van der Waals surface area contributed by atoms with Gasteiger partial charge in [-0.3, -0.25) is 76.2 Å². The third-order valence-electron chi connectivity index (χ3n) is 18.2. The van der Waals surface area contributed by atoms with E-state index in [4.69, 9.17) is 0 Å². The number of phenolic OH excluding ortho intramolecular Hbond substituents is 1. The Hall–Kier alpha value is -8.46. The van der Waals surface area contributed by atoms with Gasteiger partial charge in [-0.1, -0.05) is 60.1 Å². The van der Waals surface area contributed by atoms with E-state index in [2.05, 4.69) is 47.5 Å². The Morgan fingerprint density at radius 3 is 2.12 bits per heavy atom. The smallest absolute Gasteiger partial charge is 0.243 e. The lowest BCUT2D eigenvalue weighted by Gasteiger charge is -2.31. The molecule has 0 saturated carbocycles. The average molecular weight is 1390 g/mol. The maximum Gasteiger partial charge on any atom is 0.243 e. The lowest BCUT2D eigenvalue weighted by atomic mass is 9.83. The zero-order valence-corrected chi connectivity index (χ0v) is 56.7. The molecule has 2 fully saturated rings. The number of amides is 11. The zero-order valence-electron chi connectivity index (χ0n) is 55.1. The van der Waals surface area contributed by atoms with E-state index in [1.54, 1.807) is 46.1 Å². The minimum absolute atomic E-state index is 0.0442. The number of H-pyrrole nitrogens is 1. The van der Waals surface area contributed by atoms with Gasteiger partial charge in [0.25, 0.3) is 0 Å². The van der Waals surface area contributed by atoms with Crippen LogP contribution in [0, 0.1) is 35.5 Å². The van der Waals surface area contributed by atoms with Crippen molar-refractivity contribution in [2.24, 2.45) is 35.5 Å². The molecule has 7 rings (SSSR count). The highest BCUT2D eigenvalue weighted by atomic mass is 32.2. The molecule has 97 heavy (non-hydrogen) atoms. The average Bonchev–Trinajstić information content (AvgIpc) is 1.65. The number of carbonyl (C=O) groups is 14. The molecule has 2 aromatic carbocycles. The second-order valence-corrected chi connectivity index (χ2v) is 28.1. The molecule has 5 heterocycles. The van der Waals surface area contributed by atoms with E-state index in [-0.39, 0.29) is 77.3 Å². The molecule has 0 aliphatic carbocycles. The number of thioether (sulfide) groups is 1. The molecule has 30 nitrogen and oxygen atoms in total. The van der Waals surface area contributed by atoms with E-state index >= 15 is 13.8 Å².